The van der Waals surface area contributed by atoms with E-state index in [1.807, 2.05) is 0 Å². The number of aliphatic carboxylic acids is 3. The van der Waals surface area contributed by atoms with Crippen molar-refractivity contribution < 1.29 is 34.2 Å². The van der Waals surface area contributed by atoms with Crippen LogP contribution in [0.2, 0.25) is 0 Å². The average molecular weight is 610 g/mol. The highest BCUT2D eigenvalue weighted by atomic mass is 16.4. The first kappa shape index (κ1) is 41.1. The van der Waals surface area contributed by atoms with Gasteiger partial charge in [-0.3, -0.25) is 4.48 Å². The molecule has 0 fully saturated rings. The van der Waals surface area contributed by atoms with Crippen molar-refractivity contribution >= 4 is 17.9 Å². The summed E-state index contributed by atoms with van der Waals surface area (Å²) in [6.07, 6.45) is 29.6. The van der Waals surface area contributed by atoms with Crippen molar-refractivity contribution in [1.29, 1.82) is 0 Å². The van der Waals surface area contributed by atoms with Crippen LogP contribution in [-0.4, -0.2) is 57.3 Å². The van der Waals surface area contributed by atoms with Gasteiger partial charge in [-0.2, -0.15) is 0 Å². The Hall–Kier alpha value is -1.89. The molecule has 3 atom stereocenters. The second kappa shape index (κ2) is 26.5. The Morgan fingerprint density at radius 3 is 1.16 bits per heavy atom. The number of allylic oxidation sites excluding steroid dienone is 2. The van der Waals surface area contributed by atoms with Gasteiger partial charge in [0.15, 0.2) is 12.1 Å². The van der Waals surface area contributed by atoms with E-state index in [4.69, 9.17) is 0 Å². The molecule has 0 aliphatic heterocycles. The summed E-state index contributed by atoms with van der Waals surface area (Å²) in [5, 5.41) is 32.2. The maximum atomic E-state index is 12.3. The lowest BCUT2D eigenvalue weighted by Crippen LogP contribution is -2.73. The third kappa shape index (κ3) is 16.7. The van der Waals surface area contributed by atoms with Gasteiger partial charge in [0.05, 0.1) is 12.5 Å². The van der Waals surface area contributed by atoms with Crippen LogP contribution >= 0.6 is 0 Å². The Balaban J connectivity index is 4.30. The normalized spacial score (nSPS) is 15.3. The van der Waals surface area contributed by atoms with Crippen LogP contribution in [0.1, 0.15) is 175 Å². The predicted molar refractivity (Wildman–Crippen MR) is 175 cm³/mol. The summed E-state index contributed by atoms with van der Waals surface area (Å²) >= 11 is 0. The van der Waals surface area contributed by atoms with Crippen molar-refractivity contribution in [2.75, 3.05) is 6.54 Å². The van der Waals surface area contributed by atoms with E-state index in [1.165, 1.54) is 103 Å². The molecule has 0 saturated carbocycles. The molecule has 0 aromatic rings. The maximum Gasteiger partial charge on any atom is 0.362 e. The highest BCUT2D eigenvalue weighted by Crippen LogP contribution is 2.32. The Bertz CT molecular complexity index is 697. The minimum Gasteiger partial charge on any atom is -0.544 e. The fraction of sp³-hybridized carbons (Fsp3) is 0.861. The van der Waals surface area contributed by atoms with Gasteiger partial charge in [-0.25, -0.2) is 9.59 Å². The second-order valence-corrected chi connectivity index (χ2v) is 12.5. The van der Waals surface area contributed by atoms with Crippen molar-refractivity contribution in [2.24, 2.45) is 0 Å². The summed E-state index contributed by atoms with van der Waals surface area (Å²) in [6, 6.07) is -3.38. The molecular weight excluding hydrogens is 542 g/mol. The summed E-state index contributed by atoms with van der Waals surface area (Å²) in [4.78, 5) is 36.7. The molecule has 0 aliphatic carbocycles. The summed E-state index contributed by atoms with van der Waals surface area (Å²) in [7, 11) is 0. The number of carboxylic acid groups (broad SMARTS) is 3. The van der Waals surface area contributed by atoms with Crippen LogP contribution < -0.4 is 5.11 Å². The third-order valence-corrected chi connectivity index (χ3v) is 9.30. The standard InChI is InChI=1S/C36H67NO6/c1-5-9-10-11-12-13-14-15-16-17-18-19-20-21-22-23-24-25-26-27-28-29-30-37(31(6-2)34(38)39,32(7-3)35(40)41)33(8-4)36(42)43/h15-16,31-33H,5-14,17-30H2,1-4H3,(H2-,38,39,40,41,42,43)/b16-15+. The summed E-state index contributed by atoms with van der Waals surface area (Å²) in [5.41, 5.74) is 0. The van der Waals surface area contributed by atoms with Crippen LogP contribution in [0.5, 0.6) is 0 Å². The van der Waals surface area contributed by atoms with Crippen LogP contribution in [0, 0.1) is 0 Å². The van der Waals surface area contributed by atoms with Crippen LogP contribution in [0.4, 0.5) is 0 Å². The van der Waals surface area contributed by atoms with E-state index < -0.39 is 40.5 Å². The predicted octanol–water partition coefficient (Wildman–Crippen LogP) is 8.44. The molecule has 0 rings (SSSR count). The van der Waals surface area contributed by atoms with Crippen LogP contribution in [0.25, 0.3) is 0 Å². The van der Waals surface area contributed by atoms with E-state index in [-0.39, 0.29) is 25.8 Å². The van der Waals surface area contributed by atoms with Gasteiger partial charge in [0.25, 0.3) is 0 Å². The zero-order valence-corrected chi connectivity index (χ0v) is 28.3. The molecule has 0 heterocycles. The van der Waals surface area contributed by atoms with E-state index in [2.05, 4.69) is 19.1 Å². The molecule has 43 heavy (non-hydrogen) atoms. The lowest BCUT2D eigenvalue weighted by molar-refractivity contribution is -0.974. The number of nitrogens with zero attached hydrogens (tertiary/aromatic N) is 1. The first-order valence-corrected chi connectivity index (χ1v) is 17.9. The van der Waals surface area contributed by atoms with E-state index >= 15 is 0 Å². The lowest BCUT2D eigenvalue weighted by atomic mass is 9.93. The van der Waals surface area contributed by atoms with Crippen molar-refractivity contribution in [3.8, 4) is 0 Å². The molecular formula is C36H67NO6. The molecule has 0 aromatic carbocycles. The van der Waals surface area contributed by atoms with Crippen molar-refractivity contribution in [3.63, 3.8) is 0 Å². The monoisotopic (exact) mass is 609 g/mol. The zero-order valence-electron chi connectivity index (χ0n) is 28.3. The largest absolute Gasteiger partial charge is 0.544 e. The average Bonchev–Trinajstić information content (AvgIpc) is 2.96. The molecule has 7 nitrogen and oxygen atoms in total. The van der Waals surface area contributed by atoms with Gasteiger partial charge in [0, 0.05) is 19.3 Å². The molecule has 7 heteroatoms. The minimum atomic E-state index is -1.36. The molecule has 0 radical (unpaired) electrons. The number of unbranched alkanes of at least 4 members (excludes halogenated alkanes) is 18. The highest BCUT2D eigenvalue weighted by Gasteiger charge is 2.53. The van der Waals surface area contributed by atoms with Crippen LogP contribution in [-0.2, 0) is 14.4 Å². The van der Waals surface area contributed by atoms with Gasteiger partial charge in [-0.1, -0.05) is 130 Å². The molecule has 0 spiro atoms. The van der Waals surface area contributed by atoms with E-state index in [9.17, 15) is 29.7 Å². The van der Waals surface area contributed by atoms with Crippen molar-refractivity contribution in [2.45, 2.75) is 193 Å². The van der Waals surface area contributed by atoms with E-state index in [0.717, 1.165) is 19.3 Å². The van der Waals surface area contributed by atoms with Crippen molar-refractivity contribution in [1.82, 2.24) is 0 Å². The Labute approximate surface area is 264 Å². The fourth-order valence-corrected chi connectivity index (χ4v) is 6.96. The number of carboxylic acids is 3. The maximum absolute atomic E-state index is 12.3. The summed E-state index contributed by atoms with van der Waals surface area (Å²) in [6.45, 7) is 7.54. The highest BCUT2D eigenvalue weighted by molar-refractivity contribution is 5.77. The zero-order chi connectivity index (χ0) is 32.3. The molecule has 252 valence electrons. The van der Waals surface area contributed by atoms with E-state index in [0.29, 0.717) is 6.42 Å². The molecule has 2 N–H and O–H groups in total. The molecule has 0 aliphatic rings. The minimum absolute atomic E-state index is 0.131. The van der Waals surface area contributed by atoms with Gasteiger partial charge in [0.1, 0.15) is 6.04 Å². The third-order valence-electron chi connectivity index (χ3n) is 9.30. The number of hydrogen-bond donors (Lipinski definition) is 2. The fourth-order valence-electron chi connectivity index (χ4n) is 6.96. The Morgan fingerprint density at radius 2 is 0.860 bits per heavy atom. The summed E-state index contributed by atoms with van der Waals surface area (Å²) < 4.78 is -0.466. The SMILES string of the molecule is CCCCCCCC/C=C/CCCCCCCCCCCCCC[N+](C(CC)C(=O)[O-])(C(CC)C(=O)O)C(CC)C(=O)O. The molecule has 0 saturated heterocycles. The van der Waals surface area contributed by atoms with Gasteiger partial charge in [0.2, 0.25) is 0 Å². The molecule has 0 aromatic heterocycles. The van der Waals surface area contributed by atoms with Gasteiger partial charge >= 0.3 is 11.9 Å². The second-order valence-electron chi connectivity index (χ2n) is 12.5. The molecule has 3 unspecified atom stereocenters. The van der Waals surface area contributed by atoms with E-state index in [1.54, 1.807) is 20.8 Å². The van der Waals surface area contributed by atoms with Crippen molar-refractivity contribution in [3.05, 3.63) is 12.2 Å². The smallest absolute Gasteiger partial charge is 0.362 e. The number of carbonyl (C=O) groups is 3. The summed E-state index contributed by atoms with van der Waals surface area (Å²) in [5.74, 6) is -3.65. The Morgan fingerprint density at radius 1 is 0.535 bits per heavy atom. The number of rotatable bonds is 31. The lowest BCUT2D eigenvalue weighted by Gasteiger charge is -2.51. The molecule has 0 amide bonds. The molecule has 0 bridgehead atoms. The Kier molecular flexibility index (Phi) is 25.3. The quantitative estimate of drug-likeness (QED) is 0.0463. The van der Waals surface area contributed by atoms with Crippen LogP contribution in [0.3, 0.4) is 0 Å². The van der Waals surface area contributed by atoms with Gasteiger partial charge < -0.3 is 20.1 Å². The van der Waals surface area contributed by atoms with Crippen LogP contribution in [0.15, 0.2) is 12.2 Å². The van der Waals surface area contributed by atoms with Gasteiger partial charge in [-0.05, 0) is 38.5 Å². The van der Waals surface area contributed by atoms with Gasteiger partial charge in [-0.15, -0.1) is 0 Å². The first-order chi connectivity index (χ1) is 20.7. The number of carbonyl (C=O) groups excluding carboxylic acids is 1. The number of quaternary nitrogens is 1. The number of hydrogen-bond acceptors (Lipinski definition) is 4. The topological polar surface area (TPSA) is 115 Å². The first-order valence-electron chi connectivity index (χ1n) is 17.9.